The summed E-state index contributed by atoms with van der Waals surface area (Å²) >= 11 is 0. The molecule has 0 radical (unpaired) electrons. The van der Waals surface area contributed by atoms with Crippen molar-refractivity contribution in [1.82, 2.24) is 5.32 Å². The Morgan fingerprint density at radius 2 is 2.10 bits per heavy atom. The van der Waals surface area contributed by atoms with Gasteiger partial charge in [-0.25, -0.2) is 9.18 Å². The van der Waals surface area contributed by atoms with E-state index in [4.69, 9.17) is 10.5 Å². The van der Waals surface area contributed by atoms with Crippen molar-refractivity contribution in [2.24, 2.45) is 5.73 Å². The Morgan fingerprint density at radius 3 is 2.60 bits per heavy atom. The highest BCUT2D eigenvalue weighted by atomic mass is 19.1. The van der Waals surface area contributed by atoms with Crippen LogP contribution < -0.4 is 11.1 Å². The largest absolute Gasteiger partial charge is 0.444 e. The third kappa shape index (κ3) is 5.17. The number of alkyl carbamates (subject to hydrolysis) is 1. The molecular formula is C15H23FN2O2. The van der Waals surface area contributed by atoms with Crippen molar-refractivity contribution in [2.75, 3.05) is 13.1 Å². The second-order valence-corrected chi connectivity index (χ2v) is 5.82. The van der Waals surface area contributed by atoms with Crippen LogP contribution in [0.3, 0.4) is 0 Å². The molecular weight excluding hydrogens is 259 g/mol. The maximum atomic E-state index is 13.5. The van der Waals surface area contributed by atoms with Gasteiger partial charge in [-0.2, -0.15) is 0 Å². The molecule has 0 bridgehead atoms. The number of carbonyl (C=O) groups is 1. The van der Waals surface area contributed by atoms with E-state index in [1.165, 1.54) is 6.07 Å². The Labute approximate surface area is 119 Å². The van der Waals surface area contributed by atoms with E-state index in [0.717, 1.165) is 5.56 Å². The van der Waals surface area contributed by atoms with Crippen LogP contribution in [0.2, 0.25) is 0 Å². The molecule has 1 aromatic carbocycles. The number of halogens is 1. The van der Waals surface area contributed by atoms with Gasteiger partial charge in [-0.3, -0.25) is 0 Å². The minimum absolute atomic E-state index is 0.141. The monoisotopic (exact) mass is 282 g/mol. The van der Waals surface area contributed by atoms with Crippen LogP contribution in [0.4, 0.5) is 9.18 Å². The minimum Gasteiger partial charge on any atom is -0.444 e. The summed E-state index contributed by atoms with van der Waals surface area (Å²) in [5.41, 5.74) is 6.51. The first-order valence-electron chi connectivity index (χ1n) is 6.66. The lowest BCUT2D eigenvalue weighted by Gasteiger charge is -2.21. The predicted molar refractivity (Wildman–Crippen MR) is 77.2 cm³/mol. The molecule has 0 fully saturated rings. The molecule has 20 heavy (non-hydrogen) atoms. The van der Waals surface area contributed by atoms with Crippen molar-refractivity contribution in [3.8, 4) is 0 Å². The van der Waals surface area contributed by atoms with E-state index < -0.39 is 11.7 Å². The molecule has 0 spiro atoms. The summed E-state index contributed by atoms with van der Waals surface area (Å²) < 4.78 is 18.7. The van der Waals surface area contributed by atoms with Gasteiger partial charge < -0.3 is 15.8 Å². The van der Waals surface area contributed by atoms with Crippen molar-refractivity contribution in [1.29, 1.82) is 0 Å². The summed E-state index contributed by atoms with van der Waals surface area (Å²) in [6, 6.07) is 5.00. The second kappa shape index (κ2) is 6.70. The third-order valence-electron chi connectivity index (χ3n) is 2.84. The fraction of sp³-hybridized carbons (Fsp3) is 0.533. The molecule has 1 unspecified atom stereocenters. The molecule has 0 aliphatic rings. The van der Waals surface area contributed by atoms with E-state index in [1.54, 1.807) is 33.8 Å². The SMILES string of the molecule is Cc1ccc(C(CN)CNC(=O)OC(C)(C)C)cc1F. The topological polar surface area (TPSA) is 64.3 Å². The van der Waals surface area contributed by atoms with Gasteiger partial charge in [0.05, 0.1) is 0 Å². The maximum absolute atomic E-state index is 13.5. The number of hydrogen-bond donors (Lipinski definition) is 2. The number of nitrogens with one attached hydrogen (secondary N) is 1. The van der Waals surface area contributed by atoms with Gasteiger partial charge in [0.2, 0.25) is 0 Å². The fourth-order valence-electron chi connectivity index (χ4n) is 1.72. The van der Waals surface area contributed by atoms with E-state index >= 15 is 0 Å². The lowest BCUT2D eigenvalue weighted by Crippen LogP contribution is -2.36. The molecule has 0 aromatic heterocycles. The molecule has 1 aromatic rings. The van der Waals surface area contributed by atoms with Crippen molar-refractivity contribution < 1.29 is 13.9 Å². The van der Waals surface area contributed by atoms with Gasteiger partial charge in [0.15, 0.2) is 0 Å². The molecule has 1 amide bonds. The molecule has 0 saturated carbocycles. The highest BCUT2D eigenvalue weighted by Crippen LogP contribution is 2.17. The van der Waals surface area contributed by atoms with Gasteiger partial charge in [0, 0.05) is 19.0 Å². The van der Waals surface area contributed by atoms with Crippen LogP contribution in [-0.2, 0) is 4.74 Å². The Bertz CT molecular complexity index is 469. The zero-order chi connectivity index (χ0) is 15.3. The summed E-state index contributed by atoms with van der Waals surface area (Å²) in [4.78, 5) is 11.6. The first-order valence-corrected chi connectivity index (χ1v) is 6.66. The smallest absolute Gasteiger partial charge is 0.407 e. The van der Waals surface area contributed by atoms with Crippen LogP contribution in [0.5, 0.6) is 0 Å². The summed E-state index contributed by atoms with van der Waals surface area (Å²) in [6.07, 6.45) is -0.497. The zero-order valence-corrected chi connectivity index (χ0v) is 12.5. The second-order valence-electron chi connectivity index (χ2n) is 5.82. The van der Waals surface area contributed by atoms with Crippen LogP contribution in [0.25, 0.3) is 0 Å². The molecule has 4 nitrogen and oxygen atoms in total. The highest BCUT2D eigenvalue weighted by Gasteiger charge is 2.18. The van der Waals surface area contributed by atoms with E-state index in [-0.39, 0.29) is 11.7 Å². The van der Waals surface area contributed by atoms with Crippen LogP contribution >= 0.6 is 0 Å². The number of rotatable bonds is 4. The molecule has 3 N–H and O–H groups in total. The van der Waals surface area contributed by atoms with E-state index in [0.29, 0.717) is 18.7 Å². The Morgan fingerprint density at radius 1 is 1.45 bits per heavy atom. The minimum atomic E-state index is -0.543. The molecule has 0 saturated heterocycles. The highest BCUT2D eigenvalue weighted by molar-refractivity contribution is 5.67. The first-order chi connectivity index (χ1) is 9.23. The Balaban J connectivity index is 2.63. The summed E-state index contributed by atoms with van der Waals surface area (Å²) in [7, 11) is 0. The maximum Gasteiger partial charge on any atom is 0.407 e. The van der Waals surface area contributed by atoms with Crippen LogP contribution in [0.15, 0.2) is 18.2 Å². The molecule has 0 aliphatic carbocycles. The van der Waals surface area contributed by atoms with Gasteiger partial charge in [-0.1, -0.05) is 12.1 Å². The number of aryl methyl sites for hydroxylation is 1. The van der Waals surface area contributed by atoms with Gasteiger partial charge in [-0.15, -0.1) is 0 Å². The molecule has 1 rings (SSSR count). The van der Waals surface area contributed by atoms with E-state index in [1.807, 2.05) is 6.07 Å². The number of nitrogens with two attached hydrogens (primary N) is 1. The van der Waals surface area contributed by atoms with Crippen molar-refractivity contribution in [3.05, 3.63) is 35.1 Å². The fourth-order valence-corrected chi connectivity index (χ4v) is 1.72. The van der Waals surface area contributed by atoms with Crippen LogP contribution in [-0.4, -0.2) is 24.8 Å². The van der Waals surface area contributed by atoms with Crippen molar-refractivity contribution in [3.63, 3.8) is 0 Å². The normalized spacial score (nSPS) is 12.9. The molecule has 5 heteroatoms. The third-order valence-corrected chi connectivity index (χ3v) is 2.84. The molecule has 112 valence electrons. The predicted octanol–water partition coefficient (Wildman–Crippen LogP) is 2.70. The van der Waals surface area contributed by atoms with Gasteiger partial charge in [-0.05, 0) is 44.9 Å². The lowest BCUT2D eigenvalue weighted by molar-refractivity contribution is 0.0525. The lowest BCUT2D eigenvalue weighted by atomic mass is 9.98. The summed E-state index contributed by atoms with van der Waals surface area (Å²) in [6.45, 7) is 7.72. The number of ether oxygens (including phenoxy) is 1. The Hall–Kier alpha value is -1.62. The zero-order valence-electron chi connectivity index (χ0n) is 12.5. The number of hydrogen-bond acceptors (Lipinski definition) is 3. The van der Waals surface area contributed by atoms with E-state index in [9.17, 15) is 9.18 Å². The summed E-state index contributed by atoms with van der Waals surface area (Å²) in [5.74, 6) is -0.407. The molecule has 0 aliphatic heterocycles. The number of carbonyl (C=O) groups excluding carboxylic acids is 1. The number of benzene rings is 1. The average Bonchev–Trinajstić information content (AvgIpc) is 2.32. The average molecular weight is 282 g/mol. The first kappa shape index (κ1) is 16.4. The van der Waals surface area contributed by atoms with E-state index in [2.05, 4.69) is 5.32 Å². The quantitative estimate of drug-likeness (QED) is 0.892. The van der Waals surface area contributed by atoms with Gasteiger partial charge in [0.1, 0.15) is 11.4 Å². The van der Waals surface area contributed by atoms with Crippen molar-refractivity contribution >= 4 is 6.09 Å². The summed E-state index contributed by atoms with van der Waals surface area (Å²) in [5, 5.41) is 2.66. The molecule has 0 heterocycles. The van der Waals surface area contributed by atoms with Crippen molar-refractivity contribution in [2.45, 2.75) is 39.2 Å². The van der Waals surface area contributed by atoms with Crippen LogP contribution in [0, 0.1) is 12.7 Å². The number of amides is 1. The van der Waals surface area contributed by atoms with Gasteiger partial charge in [0.25, 0.3) is 0 Å². The Kier molecular flexibility index (Phi) is 5.51. The standard InChI is InChI=1S/C15H23FN2O2/c1-10-5-6-11(7-13(10)16)12(8-17)9-18-14(19)20-15(2,3)4/h5-7,12H,8-9,17H2,1-4H3,(H,18,19). The van der Waals surface area contributed by atoms with Crippen LogP contribution in [0.1, 0.15) is 37.8 Å². The molecule has 1 atom stereocenters. The van der Waals surface area contributed by atoms with Gasteiger partial charge >= 0.3 is 6.09 Å².